The van der Waals surface area contributed by atoms with Crippen LogP contribution >= 0.6 is 22.6 Å². The number of hydrogen-bond acceptors (Lipinski definition) is 7. The minimum Gasteiger partial charge on any atom is -0.493 e. The molecule has 1 aromatic carbocycles. The number of carbonyl (C=O) groups is 3. The maximum absolute atomic E-state index is 14.2. The van der Waals surface area contributed by atoms with E-state index in [1.807, 2.05) is 4.90 Å². The summed E-state index contributed by atoms with van der Waals surface area (Å²) in [7, 11) is 1.48. The lowest BCUT2D eigenvalue weighted by molar-refractivity contribution is -0.148. The van der Waals surface area contributed by atoms with Gasteiger partial charge in [-0.05, 0) is 95.6 Å². The summed E-state index contributed by atoms with van der Waals surface area (Å²) in [6, 6.07) is 2.59. The van der Waals surface area contributed by atoms with E-state index >= 15 is 0 Å². The summed E-state index contributed by atoms with van der Waals surface area (Å²) in [4.78, 5) is 40.9. The first-order valence-corrected chi connectivity index (χ1v) is 17.7. The number of carbonyl (C=O) groups excluding carboxylic acids is 3. The molecule has 0 unspecified atom stereocenters. The summed E-state index contributed by atoms with van der Waals surface area (Å²) in [5, 5.41) is 24.1. The monoisotopic (exact) mass is 736 g/mol. The van der Waals surface area contributed by atoms with Crippen LogP contribution in [0.2, 0.25) is 0 Å². The van der Waals surface area contributed by atoms with E-state index in [9.17, 15) is 24.6 Å². The fraction of sp³-hybridized carbons (Fsp3) is 0.686. The SMILES string of the molecule is COc1cc(C=O)cc(I)c1O[C@H]1C=C(C(=O)NCCO)C[C@@H](N(C[C@@H]2CC[C@H]3C[C@@H]2C3(C)C)C(=O)CCC2CCCC2)[C@@H]1O. The molecule has 2 bridgehead atoms. The highest BCUT2D eigenvalue weighted by Gasteiger charge is 2.55. The minimum absolute atomic E-state index is 0.0310. The van der Waals surface area contributed by atoms with Gasteiger partial charge in [0.2, 0.25) is 11.8 Å². The van der Waals surface area contributed by atoms with E-state index in [-0.39, 0.29) is 36.8 Å². The molecule has 0 aromatic heterocycles. The van der Waals surface area contributed by atoms with E-state index < -0.39 is 18.2 Å². The standard InChI is InChI=1S/C35H49IN2O7/c1-35(2)25-10-9-23(26(35)18-25)19-38(31(41)11-8-21-6-4-5-7-21)28-16-24(34(43)37-12-13-39)17-29(32(28)42)45-33-27(36)14-22(20-40)15-30(33)44-3/h14-15,17,20-21,23,25-26,28-29,32,39,42H,4-13,16,18-19H2,1-3H3,(H,37,43)/t23-,25-,26-,28+,29-,32-/m0/s1. The van der Waals surface area contributed by atoms with E-state index in [1.54, 1.807) is 18.2 Å². The molecule has 10 heteroatoms. The lowest BCUT2D eigenvalue weighted by atomic mass is 9.45. The molecule has 248 valence electrons. The smallest absolute Gasteiger partial charge is 0.247 e. The first kappa shape index (κ1) is 34.2. The fourth-order valence-corrected chi connectivity index (χ4v) is 9.22. The zero-order valence-electron chi connectivity index (χ0n) is 26.8. The minimum atomic E-state index is -1.10. The third-order valence-electron chi connectivity index (χ3n) is 11.3. The summed E-state index contributed by atoms with van der Waals surface area (Å²) < 4.78 is 12.6. The van der Waals surface area contributed by atoms with Crippen LogP contribution in [0.5, 0.6) is 11.5 Å². The number of fused-ring (bicyclic) bond motifs is 2. The molecular formula is C35H49IN2O7. The summed E-state index contributed by atoms with van der Waals surface area (Å²) >= 11 is 2.07. The number of nitrogens with zero attached hydrogens (tertiary/aromatic N) is 1. The molecule has 2 amide bonds. The lowest BCUT2D eigenvalue weighted by Crippen LogP contribution is -2.59. The lowest BCUT2D eigenvalue weighted by Gasteiger charge is -2.61. The fourth-order valence-electron chi connectivity index (χ4n) is 8.46. The van der Waals surface area contributed by atoms with Crippen molar-refractivity contribution in [2.45, 2.75) is 96.3 Å². The number of ether oxygens (including phenoxy) is 2. The molecule has 1 aromatic rings. The van der Waals surface area contributed by atoms with Crippen molar-refractivity contribution in [2.75, 3.05) is 26.8 Å². The van der Waals surface area contributed by atoms with E-state index in [4.69, 9.17) is 9.47 Å². The molecule has 6 atom stereocenters. The van der Waals surface area contributed by atoms with Crippen LogP contribution in [-0.4, -0.2) is 78.3 Å². The average Bonchev–Trinajstić information content (AvgIpc) is 3.56. The Morgan fingerprint density at radius 2 is 1.93 bits per heavy atom. The van der Waals surface area contributed by atoms with Crippen LogP contribution in [0.3, 0.4) is 0 Å². The zero-order chi connectivity index (χ0) is 32.3. The molecule has 0 heterocycles. The largest absolute Gasteiger partial charge is 0.493 e. The van der Waals surface area contributed by atoms with Crippen molar-refractivity contribution < 1.29 is 34.1 Å². The second-order valence-corrected chi connectivity index (χ2v) is 15.3. The van der Waals surface area contributed by atoms with Gasteiger partial charge in [-0.1, -0.05) is 39.5 Å². The number of halogens is 1. The number of aldehydes is 1. The van der Waals surface area contributed by atoms with Gasteiger partial charge in [0, 0.05) is 37.1 Å². The van der Waals surface area contributed by atoms with Crippen LogP contribution in [0.15, 0.2) is 23.8 Å². The van der Waals surface area contributed by atoms with Gasteiger partial charge in [-0.3, -0.25) is 14.4 Å². The summed E-state index contributed by atoms with van der Waals surface area (Å²) in [6.07, 6.45) is 9.92. The van der Waals surface area contributed by atoms with Gasteiger partial charge in [-0.2, -0.15) is 0 Å². The normalized spacial score (nSPS) is 28.9. The van der Waals surface area contributed by atoms with Crippen molar-refractivity contribution in [2.24, 2.45) is 29.1 Å². The molecule has 0 saturated heterocycles. The highest BCUT2D eigenvalue weighted by atomic mass is 127. The average molecular weight is 737 g/mol. The predicted octanol–water partition coefficient (Wildman–Crippen LogP) is 4.90. The van der Waals surface area contributed by atoms with Crippen LogP contribution < -0.4 is 14.8 Å². The first-order chi connectivity index (χ1) is 21.6. The quantitative estimate of drug-likeness (QED) is 0.195. The van der Waals surface area contributed by atoms with Gasteiger partial charge in [0.15, 0.2) is 11.5 Å². The Morgan fingerprint density at radius 3 is 2.58 bits per heavy atom. The third-order valence-corrected chi connectivity index (χ3v) is 12.1. The van der Waals surface area contributed by atoms with Crippen molar-refractivity contribution in [1.82, 2.24) is 10.2 Å². The Bertz CT molecular complexity index is 1270. The Labute approximate surface area is 280 Å². The highest BCUT2D eigenvalue weighted by molar-refractivity contribution is 14.1. The second kappa shape index (κ2) is 14.7. The highest BCUT2D eigenvalue weighted by Crippen LogP contribution is 2.61. The molecule has 0 radical (unpaired) electrons. The molecule has 45 heavy (non-hydrogen) atoms. The Morgan fingerprint density at radius 1 is 1.18 bits per heavy atom. The molecule has 5 aliphatic carbocycles. The second-order valence-electron chi connectivity index (χ2n) is 14.1. The van der Waals surface area contributed by atoms with Gasteiger partial charge in [-0.15, -0.1) is 0 Å². The molecule has 5 aliphatic rings. The summed E-state index contributed by atoms with van der Waals surface area (Å²) in [5.74, 6) is 2.53. The number of hydrogen-bond donors (Lipinski definition) is 3. The maximum atomic E-state index is 14.2. The van der Waals surface area contributed by atoms with Crippen molar-refractivity contribution in [3.8, 4) is 11.5 Å². The number of aliphatic hydroxyl groups is 2. The Kier molecular flexibility index (Phi) is 11.2. The number of nitrogens with one attached hydrogen (secondary N) is 1. The van der Waals surface area contributed by atoms with Crippen LogP contribution in [0.25, 0.3) is 0 Å². The summed E-state index contributed by atoms with van der Waals surface area (Å²) in [5.41, 5.74) is 1.08. The maximum Gasteiger partial charge on any atom is 0.247 e. The number of aliphatic hydroxyl groups excluding tert-OH is 2. The van der Waals surface area contributed by atoms with Crippen LogP contribution in [-0.2, 0) is 9.59 Å². The predicted molar refractivity (Wildman–Crippen MR) is 179 cm³/mol. The molecule has 3 N–H and O–H groups in total. The summed E-state index contributed by atoms with van der Waals surface area (Å²) in [6.45, 7) is 5.15. The number of rotatable bonds is 13. The molecule has 4 saturated carbocycles. The van der Waals surface area contributed by atoms with Gasteiger partial charge in [0.1, 0.15) is 18.5 Å². The van der Waals surface area contributed by atoms with E-state index in [0.717, 1.165) is 44.3 Å². The van der Waals surface area contributed by atoms with E-state index in [1.165, 1.54) is 26.4 Å². The topological polar surface area (TPSA) is 125 Å². The van der Waals surface area contributed by atoms with Crippen molar-refractivity contribution in [1.29, 1.82) is 0 Å². The van der Waals surface area contributed by atoms with Gasteiger partial charge in [-0.25, -0.2) is 0 Å². The Balaban J connectivity index is 1.46. The van der Waals surface area contributed by atoms with E-state index in [0.29, 0.717) is 56.9 Å². The van der Waals surface area contributed by atoms with Gasteiger partial charge in [0.05, 0.1) is 23.3 Å². The third kappa shape index (κ3) is 7.38. The molecule has 0 spiro atoms. The number of amides is 2. The van der Waals surface area contributed by atoms with Crippen molar-refractivity contribution in [3.05, 3.63) is 32.9 Å². The number of methoxy groups -OCH3 is 1. The molecule has 4 fully saturated rings. The van der Waals surface area contributed by atoms with Gasteiger partial charge >= 0.3 is 0 Å². The zero-order valence-corrected chi connectivity index (χ0v) is 29.0. The molecule has 9 nitrogen and oxygen atoms in total. The molecular weight excluding hydrogens is 687 g/mol. The Hall–Kier alpha value is -2.18. The van der Waals surface area contributed by atoms with Gasteiger partial charge < -0.3 is 29.9 Å². The van der Waals surface area contributed by atoms with Crippen molar-refractivity contribution in [3.63, 3.8) is 0 Å². The first-order valence-electron chi connectivity index (χ1n) is 16.6. The van der Waals surface area contributed by atoms with Crippen molar-refractivity contribution >= 4 is 40.7 Å². The number of benzene rings is 1. The van der Waals surface area contributed by atoms with Gasteiger partial charge in [0.25, 0.3) is 0 Å². The van der Waals surface area contributed by atoms with Crippen LogP contribution in [0.1, 0.15) is 88.4 Å². The van der Waals surface area contributed by atoms with Crippen LogP contribution in [0.4, 0.5) is 0 Å². The molecule has 0 aliphatic heterocycles. The molecule has 6 rings (SSSR count). The van der Waals surface area contributed by atoms with Crippen LogP contribution in [0, 0.1) is 32.7 Å². The van der Waals surface area contributed by atoms with E-state index in [2.05, 4.69) is 41.8 Å².